The Labute approximate surface area is 114 Å². The standard InChI is InChI=1S/C13H24N4O2/c1-5-17-6-7-18-9(8-17)11-15-12(19-16-11)10(14)13(2,3)4/h9-10H,5-8,14H2,1-4H3/t9?,10-/m0/s1. The van der Waals surface area contributed by atoms with Gasteiger partial charge in [-0.3, -0.25) is 4.90 Å². The minimum Gasteiger partial charge on any atom is -0.367 e. The molecule has 0 aromatic carbocycles. The maximum absolute atomic E-state index is 6.12. The van der Waals surface area contributed by atoms with E-state index in [1.54, 1.807) is 0 Å². The normalized spacial score (nSPS) is 23.5. The lowest BCUT2D eigenvalue weighted by atomic mass is 9.87. The number of hydrogen-bond donors (Lipinski definition) is 1. The fraction of sp³-hybridized carbons (Fsp3) is 0.846. The fourth-order valence-electron chi connectivity index (χ4n) is 2.02. The van der Waals surface area contributed by atoms with Gasteiger partial charge in [-0.05, 0) is 12.0 Å². The first-order chi connectivity index (χ1) is 8.91. The Kier molecular flexibility index (Phi) is 4.23. The van der Waals surface area contributed by atoms with Crippen LogP contribution in [0.1, 0.15) is 51.6 Å². The molecule has 108 valence electrons. The lowest BCUT2D eigenvalue weighted by molar-refractivity contribution is -0.0334. The molecule has 1 unspecified atom stereocenters. The molecule has 1 saturated heterocycles. The molecule has 19 heavy (non-hydrogen) atoms. The maximum Gasteiger partial charge on any atom is 0.244 e. The van der Waals surface area contributed by atoms with Crippen molar-refractivity contribution in [3.63, 3.8) is 0 Å². The van der Waals surface area contributed by atoms with E-state index in [9.17, 15) is 0 Å². The van der Waals surface area contributed by atoms with E-state index in [2.05, 4.69) is 42.7 Å². The van der Waals surface area contributed by atoms with E-state index in [4.69, 9.17) is 15.0 Å². The summed E-state index contributed by atoms with van der Waals surface area (Å²) in [5, 5.41) is 4.03. The highest BCUT2D eigenvalue weighted by atomic mass is 16.5. The van der Waals surface area contributed by atoms with Crippen LogP contribution in [0.15, 0.2) is 4.52 Å². The third-order valence-corrected chi connectivity index (χ3v) is 3.54. The Morgan fingerprint density at radius 3 is 2.84 bits per heavy atom. The summed E-state index contributed by atoms with van der Waals surface area (Å²) in [4.78, 5) is 6.73. The number of ether oxygens (including phenoxy) is 1. The number of morpholine rings is 1. The largest absolute Gasteiger partial charge is 0.367 e. The van der Waals surface area contributed by atoms with Crippen molar-refractivity contribution < 1.29 is 9.26 Å². The van der Waals surface area contributed by atoms with Gasteiger partial charge in [-0.1, -0.05) is 32.9 Å². The van der Waals surface area contributed by atoms with Gasteiger partial charge in [0.1, 0.15) is 6.10 Å². The van der Waals surface area contributed by atoms with Crippen LogP contribution < -0.4 is 5.73 Å². The van der Waals surface area contributed by atoms with Gasteiger partial charge in [0, 0.05) is 13.1 Å². The first-order valence-electron chi connectivity index (χ1n) is 6.85. The summed E-state index contributed by atoms with van der Waals surface area (Å²) in [6, 6.07) is -0.264. The van der Waals surface area contributed by atoms with E-state index in [1.165, 1.54) is 0 Å². The first kappa shape index (κ1) is 14.4. The molecule has 0 spiro atoms. The van der Waals surface area contributed by atoms with Crippen molar-refractivity contribution in [2.24, 2.45) is 11.1 Å². The van der Waals surface area contributed by atoms with Crippen LogP contribution in [0.2, 0.25) is 0 Å². The SMILES string of the molecule is CCN1CCOC(c2noc([C@H](N)C(C)(C)C)n2)C1. The van der Waals surface area contributed by atoms with Crippen LogP contribution in [0.5, 0.6) is 0 Å². The highest BCUT2D eigenvalue weighted by Gasteiger charge is 2.30. The van der Waals surface area contributed by atoms with Crippen molar-refractivity contribution in [2.45, 2.75) is 39.8 Å². The van der Waals surface area contributed by atoms with Crippen molar-refractivity contribution in [1.29, 1.82) is 0 Å². The molecule has 0 bridgehead atoms. The molecule has 6 heteroatoms. The molecule has 2 rings (SSSR count). The van der Waals surface area contributed by atoms with Gasteiger partial charge in [-0.2, -0.15) is 4.98 Å². The third kappa shape index (κ3) is 3.32. The Balaban J connectivity index is 2.08. The molecule has 0 radical (unpaired) electrons. The van der Waals surface area contributed by atoms with Crippen LogP contribution in [-0.2, 0) is 4.74 Å². The predicted octanol–water partition coefficient (Wildman–Crippen LogP) is 1.51. The minimum atomic E-state index is -0.264. The van der Waals surface area contributed by atoms with E-state index >= 15 is 0 Å². The lowest BCUT2D eigenvalue weighted by Gasteiger charge is -2.30. The van der Waals surface area contributed by atoms with E-state index in [-0.39, 0.29) is 17.6 Å². The number of nitrogens with two attached hydrogens (primary N) is 1. The first-order valence-corrected chi connectivity index (χ1v) is 6.85. The summed E-state index contributed by atoms with van der Waals surface area (Å²) in [5.74, 6) is 1.09. The Hall–Kier alpha value is -0.980. The summed E-state index contributed by atoms with van der Waals surface area (Å²) < 4.78 is 11.0. The zero-order valence-corrected chi connectivity index (χ0v) is 12.2. The molecule has 0 amide bonds. The molecular formula is C13H24N4O2. The number of aromatic nitrogens is 2. The summed E-state index contributed by atoms with van der Waals surface area (Å²) in [6.45, 7) is 11.8. The van der Waals surface area contributed by atoms with E-state index in [1.807, 2.05) is 0 Å². The van der Waals surface area contributed by atoms with Gasteiger partial charge in [0.25, 0.3) is 0 Å². The summed E-state index contributed by atoms with van der Waals surface area (Å²) in [6.07, 6.45) is -0.113. The van der Waals surface area contributed by atoms with E-state index < -0.39 is 0 Å². The number of likely N-dealkylation sites (N-methyl/N-ethyl adjacent to an activating group) is 1. The molecule has 0 aliphatic carbocycles. The molecule has 0 saturated carbocycles. The van der Waals surface area contributed by atoms with Crippen molar-refractivity contribution in [3.8, 4) is 0 Å². The van der Waals surface area contributed by atoms with Gasteiger partial charge in [-0.25, -0.2) is 0 Å². The molecule has 1 aromatic rings. The van der Waals surface area contributed by atoms with Crippen LogP contribution in [0, 0.1) is 5.41 Å². The van der Waals surface area contributed by atoms with Crippen LogP contribution >= 0.6 is 0 Å². The molecule has 2 heterocycles. The second-order valence-electron chi connectivity index (χ2n) is 6.09. The Morgan fingerprint density at radius 1 is 1.47 bits per heavy atom. The lowest BCUT2D eigenvalue weighted by Crippen LogP contribution is -2.38. The zero-order chi connectivity index (χ0) is 14.0. The highest BCUT2D eigenvalue weighted by molar-refractivity contribution is 4.99. The Bertz CT molecular complexity index is 413. The molecule has 1 aromatic heterocycles. The van der Waals surface area contributed by atoms with Crippen molar-refractivity contribution >= 4 is 0 Å². The summed E-state index contributed by atoms with van der Waals surface area (Å²) >= 11 is 0. The molecule has 2 atom stereocenters. The van der Waals surface area contributed by atoms with Crippen LogP contribution in [0.25, 0.3) is 0 Å². The van der Waals surface area contributed by atoms with Crippen molar-refractivity contribution in [1.82, 2.24) is 15.0 Å². The minimum absolute atomic E-state index is 0.104. The number of hydrogen-bond acceptors (Lipinski definition) is 6. The fourth-order valence-corrected chi connectivity index (χ4v) is 2.02. The van der Waals surface area contributed by atoms with Gasteiger partial charge in [0.2, 0.25) is 11.7 Å². The third-order valence-electron chi connectivity index (χ3n) is 3.54. The number of nitrogens with zero attached hydrogens (tertiary/aromatic N) is 3. The van der Waals surface area contributed by atoms with Crippen LogP contribution in [0.3, 0.4) is 0 Å². The van der Waals surface area contributed by atoms with Gasteiger partial charge in [-0.15, -0.1) is 0 Å². The number of rotatable bonds is 3. The Morgan fingerprint density at radius 2 is 2.21 bits per heavy atom. The molecule has 1 aliphatic rings. The molecule has 6 nitrogen and oxygen atoms in total. The van der Waals surface area contributed by atoms with Gasteiger partial charge in [0.15, 0.2) is 0 Å². The molecule has 1 aliphatic heterocycles. The maximum atomic E-state index is 6.12. The smallest absolute Gasteiger partial charge is 0.244 e. The second kappa shape index (κ2) is 5.56. The van der Waals surface area contributed by atoms with Crippen molar-refractivity contribution in [2.75, 3.05) is 26.2 Å². The van der Waals surface area contributed by atoms with Gasteiger partial charge in [0.05, 0.1) is 12.6 Å². The van der Waals surface area contributed by atoms with Crippen LogP contribution in [0.4, 0.5) is 0 Å². The summed E-state index contributed by atoms with van der Waals surface area (Å²) in [7, 11) is 0. The molecule has 1 fully saturated rings. The zero-order valence-electron chi connectivity index (χ0n) is 12.2. The summed E-state index contributed by atoms with van der Waals surface area (Å²) in [5.41, 5.74) is 6.02. The molecule has 2 N–H and O–H groups in total. The van der Waals surface area contributed by atoms with Gasteiger partial charge >= 0.3 is 0 Å². The van der Waals surface area contributed by atoms with E-state index in [0.29, 0.717) is 18.3 Å². The second-order valence-corrected chi connectivity index (χ2v) is 6.09. The average Bonchev–Trinajstić information content (AvgIpc) is 2.86. The topological polar surface area (TPSA) is 77.4 Å². The average molecular weight is 268 g/mol. The monoisotopic (exact) mass is 268 g/mol. The quantitative estimate of drug-likeness (QED) is 0.895. The van der Waals surface area contributed by atoms with Crippen LogP contribution in [-0.4, -0.2) is 41.3 Å². The van der Waals surface area contributed by atoms with E-state index in [0.717, 1.165) is 19.6 Å². The van der Waals surface area contributed by atoms with Gasteiger partial charge < -0.3 is 15.0 Å². The molecular weight excluding hydrogens is 244 g/mol. The predicted molar refractivity (Wildman–Crippen MR) is 71.5 cm³/mol. The highest BCUT2D eigenvalue weighted by Crippen LogP contribution is 2.30. The van der Waals surface area contributed by atoms with Crippen molar-refractivity contribution in [3.05, 3.63) is 11.7 Å².